The largest absolute Gasteiger partial charge is 0.495 e. The number of thiazole rings is 1. The third kappa shape index (κ3) is 4.77. The number of methoxy groups -OCH3 is 1. The number of piperazine rings is 1. The summed E-state index contributed by atoms with van der Waals surface area (Å²) in [4.78, 5) is 32.8. The van der Waals surface area contributed by atoms with E-state index in [4.69, 9.17) is 4.74 Å². The molecule has 1 N–H and O–H groups in total. The number of ether oxygens (including phenoxy) is 1. The Kier molecular flexibility index (Phi) is 7.16. The van der Waals surface area contributed by atoms with E-state index in [0.29, 0.717) is 43.2 Å². The van der Waals surface area contributed by atoms with Gasteiger partial charge in [0.2, 0.25) is 0 Å². The molecule has 0 unspecified atom stereocenters. The van der Waals surface area contributed by atoms with Crippen molar-refractivity contribution in [3.63, 3.8) is 0 Å². The van der Waals surface area contributed by atoms with E-state index in [1.54, 1.807) is 45.8 Å². The van der Waals surface area contributed by atoms with Crippen LogP contribution < -0.4 is 9.46 Å². The number of aromatic nitrogens is 1. The molecule has 0 radical (unpaired) electrons. The quantitative estimate of drug-likeness (QED) is 0.548. The zero-order valence-corrected chi connectivity index (χ0v) is 17.6. The highest BCUT2D eigenvalue weighted by atomic mass is 32.2. The van der Waals surface area contributed by atoms with Gasteiger partial charge in [0.15, 0.2) is 0 Å². The van der Waals surface area contributed by atoms with Crippen molar-refractivity contribution < 1.29 is 14.3 Å². The van der Waals surface area contributed by atoms with Crippen LogP contribution in [0.15, 0.2) is 29.1 Å². The predicted molar refractivity (Wildman–Crippen MR) is 113 cm³/mol. The molecule has 1 aromatic carbocycles. The second kappa shape index (κ2) is 9.79. The summed E-state index contributed by atoms with van der Waals surface area (Å²) in [5, 5.41) is 1.75. The number of carbonyl (C=O) groups excluding carboxylic acids is 2. The molecule has 1 saturated heterocycles. The van der Waals surface area contributed by atoms with Gasteiger partial charge in [-0.1, -0.05) is 18.9 Å². The number of carbonyl (C=O) groups is 2. The zero-order chi connectivity index (χ0) is 19.9. The molecule has 150 valence electrons. The molecular formula is C19H24N4O3S2. The lowest BCUT2D eigenvalue weighted by Crippen LogP contribution is -2.50. The van der Waals surface area contributed by atoms with Crippen LogP contribution in [0.5, 0.6) is 5.75 Å². The molecule has 2 aromatic rings. The van der Waals surface area contributed by atoms with Crippen molar-refractivity contribution in [3.05, 3.63) is 40.3 Å². The monoisotopic (exact) mass is 420 g/mol. The van der Waals surface area contributed by atoms with Gasteiger partial charge in [-0.05, 0) is 24.6 Å². The van der Waals surface area contributed by atoms with Gasteiger partial charge >= 0.3 is 0 Å². The van der Waals surface area contributed by atoms with Gasteiger partial charge in [-0.25, -0.2) is 4.98 Å². The fourth-order valence-electron chi connectivity index (χ4n) is 2.91. The normalized spacial score (nSPS) is 14.1. The van der Waals surface area contributed by atoms with Crippen molar-refractivity contribution in [1.82, 2.24) is 14.8 Å². The molecule has 0 atom stereocenters. The summed E-state index contributed by atoms with van der Waals surface area (Å²) in [5.74, 6) is 1.52. The first-order valence-electron chi connectivity index (χ1n) is 9.16. The maximum absolute atomic E-state index is 12.9. The van der Waals surface area contributed by atoms with Gasteiger partial charge in [-0.15, -0.1) is 11.3 Å². The van der Waals surface area contributed by atoms with Gasteiger partial charge in [-0.3, -0.25) is 9.59 Å². The van der Waals surface area contributed by atoms with E-state index in [1.165, 1.54) is 11.3 Å². The van der Waals surface area contributed by atoms with Crippen LogP contribution in [0.2, 0.25) is 0 Å². The number of nitrogens with zero attached hydrogens (tertiary/aromatic N) is 3. The molecule has 0 spiro atoms. The van der Waals surface area contributed by atoms with Crippen molar-refractivity contribution >= 4 is 40.8 Å². The molecular weight excluding hydrogens is 396 g/mol. The molecule has 2 amide bonds. The highest BCUT2D eigenvalue weighted by Crippen LogP contribution is 2.28. The van der Waals surface area contributed by atoms with E-state index in [-0.39, 0.29) is 11.8 Å². The minimum absolute atomic E-state index is 0.0492. The fourth-order valence-corrected chi connectivity index (χ4v) is 4.07. The van der Waals surface area contributed by atoms with Crippen LogP contribution in [0.4, 0.5) is 5.69 Å². The summed E-state index contributed by atoms with van der Waals surface area (Å²) in [7, 11) is 1.60. The van der Waals surface area contributed by atoms with Crippen molar-refractivity contribution in [3.8, 4) is 5.75 Å². The first kappa shape index (κ1) is 20.5. The third-order valence-corrected chi connectivity index (χ3v) is 6.01. The number of hydrogen-bond acceptors (Lipinski definition) is 7. The Hall–Kier alpha value is -2.26. The first-order chi connectivity index (χ1) is 13.6. The Morgan fingerprint density at radius 1 is 1.21 bits per heavy atom. The molecule has 7 nitrogen and oxygen atoms in total. The maximum Gasteiger partial charge on any atom is 0.273 e. The number of rotatable bonds is 7. The highest BCUT2D eigenvalue weighted by molar-refractivity contribution is 8.00. The lowest BCUT2D eigenvalue weighted by atomic mass is 10.1. The number of nitrogens with one attached hydrogen (secondary N) is 1. The molecule has 0 bridgehead atoms. The Bertz CT molecular complexity index is 806. The average Bonchev–Trinajstić information content (AvgIpc) is 3.28. The Balaban J connectivity index is 1.60. The van der Waals surface area contributed by atoms with Crippen molar-refractivity contribution in [2.24, 2.45) is 0 Å². The standard InChI is InChI=1S/C19H24N4O3S2/c1-3-10-28-21-15-5-4-14(11-17(15)26-2)18(24)22-6-8-23(9-7-22)19(25)16-12-27-13-20-16/h4-5,11-13,21H,3,6-10H2,1-2H3. The molecule has 0 saturated carbocycles. The lowest BCUT2D eigenvalue weighted by molar-refractivity contribution is 0.0532. The second-order valence-corrected chi connectivity index (χ2v) is 7.94. The van der Waals surface area contributed by atoms with Gasteiger partial charge in [0, 0.05) is 42.9 Å². The minimum atomic E-state index is -0.0741. The van der Waals surface area contributed by atoms with Gasteiger partial charge in [0.25, 0.3) is 11.8 Å². The van der Waals surface area contributed by atoms with E-state index in [2.05, 4.69) is 16.6 Å². The molecule has 2 heterocycles. The first-order valence-corrected chi connectivity index (χ1v) is 11.1. The Morgan fingerprint density at radius 2 is 1.93 bits per heavy atom. The molecule has 1 aliphatic rings. The average molecular weight is 421 g/mol. The number of benzene rings is 1. The summed E-state index contributed by atoms with van der Waals surface area (Å²) in [6.45, 7) is 4.14. The topological polar surface area (TPSA) is 74.8 Å². The number of anilines is 1. The SMILES string of the molecule is CCCSNc1ccc(C(=O)N2CCN(C(=O)c3cscn3)CC2)cc1OC. The summed E-state index contributed by atoms with van der Waals surface area (Å²) in [5.41, 5.74) is 3.57. The van der Waals surface area contributed by atoms with E-state index in [9.17, 15) is 9.59 Å². The Morgan fingerprint density at radius 3 is 2.54 bits per heavy atom. The summed E-state index contributed by atoms with van der Waals surface area (Å²) in [6.07, 6.45) is 1.08. The predicted octanol–water partition coefficient (Wildman–Crippen LogP) is 3.22. The maximum atomic E-state index is 12.9. The van der Waals surface area contributed by atoms with Gasteiger partial charge < -0.3 is 19.3 Å². The van der Waals surface area contributed by atoms with E-state index in [0.717, 1.165) is 17.9 Å². The number of amides is 2. The van der Waals surface area contributed by atoms with Crippen LogP contribution >= 0.6 is 23.3 Å². The van der Waals surface area contributed by atoms with Crippen molar-refractivity contribution in [2.45, 2.75) is 13.3 Å². The van der Waals surface area contributed by atoms with Crippen LogP contribution in [0, 0.1) is 0 Å². The van der Waals surface area contributed by atoms with Crippen LogP contribution in [-0.2, 0) is 0 Å². The van der Waals surface area contributed by atoms with E-state index in [1.807, 2.05) is 12.1 Å². The highest BCUT2D eigenvalue weighted by Gasteiger charge is 2.26. The molecule has 9 heteroatoms. The molecule has 1 fully saturated rings. The van der Waals surface area contributed by atoms with Crippen LogP contribution in [0.25, 0.3) is 0 Å². The second-order valence-electron chi connectivity index (χ2n) is 6.32. The Labute approximate surface area is 173 Å². The van der Waals surface area contributed by atoms with Gasteiger partial charge in [0.05, 0.1) is 18.3 Å². The third-order valence-electron chi connectivity index (χ3n) is 4.44. The summed E-state index contributed by atoms with van der Waals surface area (Å²) in [6, 6.07) is 5.45. The van der Waals surface area contributed by atoms with E-state index < -0.39 is 0 Å². The van der Waals surface area contributed by atoms with Crippen LogP contribution in [-0.4, -0.2) is 65.6 Å². The number of hydrogen-bond donors (Lipinski definition) is 1. The van der Waals surface area contributed by atoms with E-state index >= 15 is 0 Å². The van der Waals surface area contributed by atoms with Crippen molar-refractivity contribution in [1.29, 1.82) is 0 Å². The summed E-state index contributed by atoms with van der Waals surface area (Å²) >= 11 is 3.02. The van der Waals surface area contributed by atoms with Gasteiger partial charge in [-0.2, -0.15) is 0 Å². The lowest BCUT2D eigenvalue weighted by Gasteiger charge is -2.34. The molecule has 1 aromatic heterocycles. The fraction of sp³-hybridized carbons (Fsp3) is 0.421. The minimum Gasteiger partial charge on any atom is -0.495 e. The zero-order valence-electron chi connectivity index (χ0n) is 16.0. The van der Waals surface area contributed by atoms with Crippen LogP contribution in [0.1, 0.15) is 34.2 Å². The van der Waals surface area contributed by atoms with Crippen molar-refractivity contribution in [2.75, 3.05) is 43.8 Å². The molecule has 0 aliphatic carbocycles. The smallest absolute Gasteiger partial charge is 0.273 e. The summed E-state index contributed by atoms with van der Waals surface area (Å²) < 4.78 is 8.70. The molecule has 1 aliphatic heterocycles. The van der Waals surface area contributed by atoms with Gasteiger partial charge in [0.1, 0.15) is 11.4 Å². The van der Waals surface area contributed by atoms with Crippen LogP contribution in [0.3, 0.4) is 0 Å². The molecule has 28 heavy (non-hydrogen) atoms. The molecule has 3 rings (SSSR count).